The van der Waals surface area contributed by atoms with Crippen LogP contribution in [-0.2, 0) is 11.2 Å². The number of fused-ring (bicyclic) bond motifs is 1. The maximum absolute atomic E-state index is 12.6. The number of hydrogen-bond acceptors (Lipinski definition) is 3. The molecule has 3 aromatic rings. The van der Waals surface area contributed by atoms with Crippen LogP contribution >= 0.6 is 11.6 Å². The van der Waals surface area contributed by atoms with Crippen molar-refractivity contribution < 1.29 is 4.79 Å². The van der Waals surface area contributed by atoms with Crippen LogP contribution in [0.5, 0.6) is 0 Å². The molecule has 2 aromatic heterocycles. The summed E-state index contributed by atoms with van der Waals surface area (Å²) in [5.74, 6) is -0.272. The second-order valence-electron chi connectivity index (χ2n) is 5.66. The van der Waals surface area contributed by atoms with Crippen LogP contribution in [0.15, 0.2) is 47.4 Å². The lowest BCUT2D eigenvalue weighted by atomic mass is 10.1. The second kappa shape index (κ2) is 6.45. The van der Waals surface area contributed by atoms with Gasteiger partial charge in [0.25, 0.3) is 5.56 Å². The number of hydrogen-bond donors (Lipinski definition) is 1. The highest BCUT2D eigenvalue weighted by molar-refractivity contribution is 6.30. The summed E-state index contributed by atoms with van der Waals surface area (Å²) < 4.78 is 1.43. The van der Waals surface area contributed by atoms with Gasteiger partial charge in [-0.1, -0.05) is 23.7 Å². The van der Waals surface area contributed by atoms with Crippen LogP contribution in [0.25, 0.3) is 5.65 Å². The Kier molecular flexibility index (Phi) is 4.36. The van der Waals surface area contributed by atoms with Crippen molar-refractivity contribution in [3.63, 3.8) is 0 Å². The minimum Gasteiger partial charge on any atom is -0.320 e. The van der Waals surface area contributed by atoms with Crippen LogP contribution in [0.3, 0.4) is 0 Å². The van der Waals surface area contributed by atoms with E-state index in [1.165, 1.54) is 4.40 Å². The lowest BCUT2D eigenvalue weighted by Gasteiger charge is -2.10. The van der Waals surface area contributed by atoms with E-state index >= 15 is 0 Å². The number of aryl methyl sites for hydroxylation is 2. The molecule has 5 nitrogen and oxygen atoms in total. The van der Waals surface area contributed by atoms with Gasteiger partial charge in [-0.15, -0.1) is 0 Å². The average Bonchev–Trinajstić information content (AvgIpc) is 2.53. The predicted octanol–water partition coefficient (Wildman–Crippen LogP) is 3.15. The molecule has 1 amide bonds. The van der Waals surface area contributed by atoms with Crippen LogP contribution in [-0.4, -0.2) is 15.3 Å². The standard InChI is InChI=1S/C18H16ClN3O2/c1-11-7-8-22-15(9-11)20-12(2)17(18(22)24)21-16(23)10-13-3-5-14(19)6-4-13/h3-9H,10H2,1-2H3,(H,21,23). The third kappa shape index (κ3) is 3.31. The highest BCUT2D eigenvalue weighted by atomic mass is 35.5. The summed E-state index contributed by atoms with van der Waals surface area (Å²) in [6, 6.07) is 10.7. The quantitative estimate of drug-likeness (QED) is 0.796. The predicted molar refractivity (Wildman–Crippen MR) is 94.7 cm³/mol. The van der Waals surface area contributed by atoms with Gasteiger partial charge in [0.15, 0.2) is 0 Å². The van der Waals surface area contributed by atoms with Gasteiger partial charge in [-0.25, -0.2) is 4.98 Å². The molecule has 1 aromatic carbocycles. The molecule has 0 fully saturated rings. The number of benzene rings is 1. The van der Waals surface area contributed by atoms with Gasteiger partial charge < -0.3 is 5.32 Å². The third-order valence-electron chi connectivity index (χ3n) is 3.71. The van der Waals surface area contributed by atoms with Crippen molar-refractivity contribution in [3.05, 3.63) is 74.8 Å². The van der Waals surface area contributed by atoms with Crippen molar-refractivity contribution >= 4 is 28.8 Å². The molecule has 0 unspecified atom stereocenters. The van der Waals surface area contributed by atoms with E-state index in [2.05, 4.69) is 10.3 Å². The molecule has 0 spiro atoms. The fourth-order valence-corrected chi connectivity index (χ4v) is 2.59. The van der Waals surface area contributed by atoms with Gasteiger partial charge in [0, 0.05) is 11.2 Å². The van der Waals surface area contributed by atoms with Crippen molar-refractivity contribution in [2.24, 2.45) is 0 Å². The van der Waals surface area contributed by atoms with Gasteiger partial charge in [0.1, 0.15) is 11.3 Å². The summed E-state index contributed by atoms with van der Waals surface area (Å²) in [4.78, 5) is 29.2. The molecule has 0 saturated heterocycles. The SMILES string of the molecule is Cc1ccn2c(=O)c(NC(=O)Cc3ccc(Cl)cc3)c(C)nc2c1. The summed E-state index contributed by atoms with van der Waals surface area (Å²) in [6.07, 6.45) is 1.82. The fourth-order valence-electron chi connectivity index (χ4n) is 2.47. The average molecular weight is 342 g/mol. The number of anilines is 1. The van der Waals surface area contributed by atoms with Gasteiger partial charge in [-0.2, -0.15) is 0 Å². The van der Waals surface area contributed by atoms with Crippen molar-refractivity contribution in [2.75, 3.05) is 5.32 Å². The minimum atomic E-state index is -0.290. The molecule has 0 saturated carbocycles. The van der Waals surface area contributed by atoms with Gasteiger partial charge in [-0.05, 0) is 49.2 Å². The zero-order valence-electron chi connectivity index (χ0n) is 13.3. The summed E-state index contributed by atoms with van der Waals surface area (Å²) in [5, 5.41) is 3.29. The van der Waals surface area contributed by atoms with Crippen LogP contribution in [0.2, 0.25) is 5.02 Å². The van der Waals surface area contributed by atoms with E-state index in [4.69, 9.17) is 11.6 Å². The summed E-state index contributed by atoms with van der Waals surface area (Å²) in [6.45, 7) is 3.64. The smallest absolute Gasteiger partial charge is 0.281 e. The number of rotatable bonds is 3. The largest absolute Gasteiger partial charge is 0.320 e. The van der Waals surface area contributed by atoms with E-state index in [-0.39, 0.29) is 23.6 Å². The Morgan fingerprint density at radius 3 is 2.62 bits per heavy atom. The number of carbonyl (C=O) groups is 1. The lowest BCUT2D eigenvalue weighted by molar-refractivity contribution is -0.115. The lowest BCUT2D eigenvalue weighted by Crippen LogP contribution is -2.25. The Hall–Kier alpha value is -2.66. The fraction of sp³-hybridized carbons (Fsp3) is 0.167. The zero-order chi connectivity index (χ0) is 17.3. The summed E-state index contributed by atoms with van der Waals surface area (Å²) in [7, 11) is 0. The number of amides is 1. The van der Waals surface area contributed by atoms with Crippen molar-refractivity contribution in [1.82, 2.24) is 9.38 Å². The molecule has 3 rings (SSSR count). The second-order valence-corrected chi connectivity index (χ2v) is 6.10. The molecule has 2 heterocycles. The highest BCUT2D eigenvalue weighted by Gasteiger charge is 2.13. The van der Waals surface area contributed by atoms with E-state index < -0.39 is 0 Å². The van der Waals surface area contributed by atoms with E-state index in [9.17, 15) is 9.59 Å². The van der Waals surface area contributed by atoms with Crippen LogP contribution < -0.4 is 10.9 Å². The maximum Gasteiger partial charge on any atom is 0.281 e. The van der Waals surface area contributed by atoms with Gasteiger partial charge in [0.05, 0.1) is 12.1 Å². The van der Waals surface area contributed by atoms with E-state index in [0.29, 0.717) is 16.4 Å². The molecule has 6 heteroatoms. The van der Waals surface area contributed by atoms with Gasteiger partial charge >= 0.3 is 0 Å². The molecule has 0 atom stereocenters. The Morgan fingerprint density at radius 2 is 1.92 bits per heavy atom. The molecule has 24 heavy (non-hydrogen) atoms. The number of nitrogens with zero attached hydrogens (tertiary/aromatic N) is 2. The highest BCUT2D eigenvalue weighted by Crippen LogP contribution is 2.13. The van der Waals surface area contributed by atoms with Crippen LogP contribution in [0.4, 0.5) is 5.69 Å². The Labute approximate surface area is 143 Å². The number of nitrogens with one attached hydrogen (secondary N) is 1. The Balaban J connectivity index is 1.89. The van der Waals surface area contributed by atoms with Gasteiger partial charge in [-0.3, -0.25) is 14.0 Å². The minimum absolute atomic E-state index is 0.159. The molecule has 0 radical (unpaired) electrons. The van der Waals surface area contributed by atoms with Crippen LogP contribution in [0.1, 0.15) is 16.8 Å². The first-order chi connectivity index (χ1) is 11.4. The van der Waals surface area contributed by atoms with Crippen LogP contribution in [0, 0.1) is 13.8 Å². The maximum atomic E-state index is 12.6. The first kappa shape index (κ1) is 16.2. The molecule has 122 valence electrons. The normalized spacial score (nSPS) is 10.8. The molecular weight excluding hydrogens is 326 g/mol. The third-order valence-corrected chi connectivity index (χ3v) is 3.96. The zero-order valence-corrected chi connectivity index (χ0v) is 14.1. The first-order valence-electron chi connectivity index (χ1n) is 7.48. The molecular formula is C18H16ClN3O2. The molecule has 0 aliphatic rings. The monoisotopic (exact) mass is 341 g/mol. The van der Waals surface area contributed by atoms with E-state index in [1.807, 2.05) is 19.1 Å². The number of aromatic nitrogens is 2. The molecule has 0 aliphatic heterocycles. The van der Waals surface area contributed by atoms with Crippen molar-refractivity contribution in [3.8, 4) is 0 Å². The molecule has 0 bridgehead atoms. The summed E-state index contributed by atoms with van der Waals surface area (Å²) >= 11 is 5.83. The number of pyridine rings is 1. The molecule has 1 N–H and O–H groups in total. The summed E-state index contributed by atoms with van der Waals surface area (Å²) in [5.41, 5.74) is 2.81. The molecule has 0 aliphatic carbocycles. The van der Waals surface area contributed by atoms with E-state index in [1.54, 1.807) is 37.4 Å². The topological polar surface area (TPSA) is 63.5 Å². The van der Waals surface area contributed by atoms with Crippen molar-refractivity contribution in [2.45, 2.75) is 20.3 Å². The van der Waals surface area contributed by atoms with Crippen molar-refractivity contribution in [1.29, 1.82) is 0 Å². The Morgan fingerprint density at radius 1 is 1.21 bits per heavy atom. The number of halogens is 1. The first-order valence-corrected chi connectivity index (χ1v) is 7.86. The Bertz CT molecular complexity index is 978. The number of carbonyl (C=O) groups excluding carboxylic acids is 1. The van der Waals surface area contributed by atoms with E-state index in [0.717, 1.165) is 11.1 Å². The van der Waals surface area contributed by atoms with Gasteiger partial charge in [0.2, 0.25) is 5.91 Å².